The molecule has 4 aliphatic rings. The maximum absolute atomic E-state index is 11.8. The van der Waals surface area contributed by atoms with E-state index >= 15 is 0 Å². The zero-order valence-electron chi connectivity index (χ0n) is 15.3. The molecule has 4 rings (SSSR count). The molecular formula is C20H31NO4. The van der Waals surface area contributed by atoms with Crippen molar-refractivity contribution in [2.45, 2.75) is 71.3 Å². The van der Waals surface area contributed by atoms with Crippen molar-refractivity contribution in [1.29, 1.82) is 0 Å². The van der Waals surface area contributed by atoms with E-state index in [0.29, 0.717) is 24.2 Å². The van der Waals surface area contributed by atoms with Crippen LogP contribution in [0.5, 0.6) is 0 Å². The number of carboxylic acids is 1. The number of aliphatic hydroxyl groups excluding tert-OH is 1. The van der Waals surface area contributed by atoms with Gasteiger partial charge in [0, 0.05) is 5.92 Å². The topological polar surface area (TPSA) is 90.1 Å². The molecule has 4 aliphatic carbocycles. The van der Waals surface area contributed by atoms with Gasteiger partial charge in [0.05, 0.1) is 17.7 Å². The van der Waals surface area contributed by atoms with Crippen molar-refractivity contribution in [2.24, 2.45) is 45.6 Å². The van der Waals surface area contributed by atoms with Gasteiger partial charge < -0.3 is 15.4 Å². The van der Waals surface area contributed by atoms with Crippen LogP contribution in [0.25, 0.3) is 0 Å². The molecule has 3 N–H and O–H groups in total. The summed E-state index contributed by atoms with van der Waals surface area (Å²) in [5.41, 5.74) is 0.624. The van der Waals surface area contributed by atoms with Gasteiger partial charge in [0.2, 0.25) is 0 Å². The third-order valence-corrected chi connectivity index (χ3v) is 8.77. The van der Waals surface area contributed by atoms with Gasteiger partial charge in [-0.05, 0) is 80.0 Å². The number of hydrogen-bond donors (Lipinski definition) is 3. The second-order valence-electron chi connectivity index (χ2n) is 9.70. The first-order valence-corrected chi connectivity index (χ1v) is 9.93. The highest BCUT2D eigenvalue weighted by Crippen LogP contribution is 2.66. The molecule has 0 spiro atoms. The quantitative estimate of drug-likeness (QED) is 0.499. The van der Waals surface area contributed by atoms with E-state index in [1.165, 1.54) is 0 Å². The van der Waals surface area contributed by atoms with Crippen LogP contribution in [0.3, 0.4) is 0 Å². The predicted molar refractivity (Wildman–Crippen MR) is 93.5 cm³/mol. The van der Waals surface area contributed by atoms with Gasteiger partial charge in [-0.25, -0.2) is 0 Å². The van der Waals surface area contributed by atoms with Crippen molar-refractivity contribution in [3.63, 3.8) is 0 Å². The van der Waals surface area contributed by atoms with Crippen LogP contribution < -0.4 is 0 Å². The van der Waals surface area contributed by atoms with Crippen LogP contribution in [0.15, 0.2) is 5.16 Å². The fraction of sp³-hybridized carbons (Fsp3) is 0.900. The van der Waals surface area contributed by atoms with Gasteiger partial charge in [0.15, 0.2) is 0 Å². The zero-order valence-corrected chi connectivity index (χ0v) is 15.3. The van der Waals surface area contributed by atoms with Gasteiger partial charge in [-0.15, -0.1) is 0 Å². The molecule has 0 saturated heterocycles. The number of aliphatic hydroxyl groups is 1. The Balaban J connectivity index is 1.72. The van der Waals surface area contributed by atoms with Gasteiger partial charge in [0.1, 0.15) is 0 Å². The Kier molecular flexibility index (Phi) is 3.95. The summed E-state index contributed by atoms with van der Waals surface area (Å²) in [7, 11) is 0. The first-order chi connectivity index (χ1) is 11.8. The van der Waals surface area contributed by atoms with E-state index in [2.05, 4.69) is 19.0 Å². The van der Waals surface area contributed by atoms with Crippen molar-refractivity contribution in [3.8, 4) is 0 Å². The fourth-order valence-corrected chi connectivity index (χ4v) is 7.59. The van der Waals surface area contributed by atoms with Crippen molar-refractivity contribution in [3.05, 3.63) is 0 Å². The smallest absolute Gasteiger partial charge is 0.307 e. The summed E-state index contributed by atoms with van der Waals surface area (Å²) in [5.74, 6) is 0.541. The van der Waals surface area contributed by atoms with Crippen LogP contribution in [-0.4, -0.2) is 33.2 Å². The van der Waals surface area contributed by atoms with Crippen molar-refractivity contribution in [1.82, 2.24) is 0 Å². The lowest BCUT2D eigenvalue weighted by atomic mass is 9.44. The minimum atomic E-state index is -0.693. The maximum atomic E-state index is 11.8. The molecule has 0 heterocycles. The normalized spacial score (nSPS) is 53.8. The molecule has 25 heavy (non-hydrogen) atoms. The minimum Gasteiger partial charge on any atom is -0.481 e. The summed E-state index contributed by atoms with van der Waals surface area (Å²) >= 11 is 0. The molecule has 0 aliphatic heterocycles. The molecule has 0 radical (unpaired) electrons. The van der Waals surface area contributed by atoms with Gasteiger partial charge in [0.25, 0.3) is 0 Å². The van der Waals surface area contributed by atoms with Crippen LogP contribution in [0, 0.1) is 40.4 Å². The van der Waals surface area contributed by atoms with E-state index in [9.17, 15) is 20.2 Å². The van der Waals surface area contributed by atoms with Gasteiger partial charge >= 0.3 is 5.97 Å². The number of carbonyl (C=O) groups is 1. The lowest BCUT2D eigenvalue weighted by Gasteiger charge is -2.60. The summed E-state index contributed by atoms with van der Waals surface area (Å²) in [6.07, 6.45) is 6.99. The first kappa shape index (κ1) is 17.3. The average molecular weight is 349 g/mol. The Morgan fingerprint density at radius 3 is 2.56 bits per heavy atom. The lowest BCUT2D eigenvalue weighted by Crippen LogP contribution is -2.58. The summed E-state index contributed by atoms with van der Waals surface area (Å²) < 4.78 is 0. The van der Waals surface area contributed by atoms with E-state index in [1.54, 1.807) is 0 Å². The van der Waals surface area contributed by atoms with Crippen molar-refractivity contribution in [2.75, 3.05) is 0 Å². The van der Waals surface area contributed by atoms with Crippen LogP contribution >= 0.6 is 0 Å². The Morgan fingerprint density at radius 1 is 1.12 bits per heavy atom. The van der Waals surface area contributed by atoms with Crippen molar-refractivity contribution >= 4 is 11.7 Å². The van der Waals surface area contributed by atoms with Crippen LogP contribution in [0.4, 0.5) is 0 Å². The third kappa shape index (κ3) is 2.30. The molecule has 0 aromatic rings. The molecule has 0 amide bonds. The molecule has 0 bridgehead atoms. The number of oxime groups is 1. The van der Waals surface area contributed by atoms with Gasteiger partial charge in [-0.3, -0.25) is 4.79 Å². The standard InChI is InChI=1S/C20H31NO4/c1-19-8-7-12(22)9-11(19)3-4-13-14-5-6-15(18(23)24)20(14,2)10-16(21-25)17(13)19/h11-15,17,22,25H,3-10H2,1-2H3,(H,23,24)/t11-,12+,13-,14-,15+,17+,19-,20-/m0/s1. The van der Waals surface area contributed by atoms with Gasteiger partial charge in [-0.1, -0.05) is 19.0 Å². The third-order valence-electron chi connectivity index (χ3n) is 8.77. The summed E-state index contributed by atoms with van der Waals surface area (Å²) in [6, 6.07) is 0. The molecule has 0 aromatic heterocycles. The monoisotopic (exact) mass is 349 g/mol. The zero-order chi connectivity index (χ0) is 18.0. The second-order valence-corrected chi connectivity index (χ2v) is 9.70. The molecule has 8 atom stereocenters. The number of nitrogens with zero attached hydrogens (tertiary/aromatic N) is 1. The maximum Gasteiger partial charge on any atom is 0.307 e. The van der Waals surface area contributed by atoms with Crippen LogP contribution in [0.1, 0.15) is 65.2 Å². The molecule has 0 aromatic carbocycles. The number of carboxylic acid groups (broad SMARTS) is 1. The van der Waals surface area contributed by atoms with E-state index in [-0.39, 0.29) is 28.8 Å². The fourth-order valence-electron chi connectivity index (χ4n) is 7.59. The van der Waals surface area contributed by atoms with E-state index in [0.717, 1.165) is 50.7 Å². The number of fused-ring (bicyclic) bond motifs is 5. The SMILES string of the molecule is C[C@]12CC[C@@H](O)C[C@@H]1CC[C@H]1[C@@H]3CC[C@H](C(=O)O)[C@@]3(C)CC(=NO)[C@@H]12. The molecular weight excluding hydrogens is 318 g/mol. The van der Waals surface area contributed by atoms with E-state index in [4.69, 9.17) is 0 Å². The minimum absolute atomic E-state index is 0.0757. The largest absolute Gasteiger partial charge is 0.481 e. The lowest BCUT2D eigenvalue weighted by molar-refractivity contribution is -0.147. The molecule has 140 valence electrons. The Hall–Kier alpha value is -1.10. The highest BCUT2D eigenvalue weighted by atomic mass is 16.4. The number of hydrogen-bond acceptors (Lipinski definition) is 4. The Labute approximate surface area is 149 Å². The molecule has 5 nitrogen and oxygen atoms in total. The van der Waals surface area contributed by atoms with E-state index < -0.39 is 5.97 Å². The number of rotatable bonds is 1. The highest BCUT2D eigenvalue weighted by Gasteiger charge is 2.63. The summed E-state index contributed by atoms with van der Waals surface area (Å²) in [5, 5.41) is 33.4. The molecule has 4 fully saturated rings. The predicted octanol–water partition coefficient (Wildman–Crippen LogP) is 3.53. The highest BCUT2D eigenvalue weighted by molar-refractivity contribution is 5.90. The van der Waals surface area contributed by atoms with Crippen LogP contribution in [-0.2, 0) is 4.79 Å². The Bertz CT molecular complexity index is 605. The van der Waals surface area contributed by atoms with Crippen molar-refractivity contribution < 1.29 is 20.2 Å². The molecule has 5 heteroatoms. The van der Waals surface area contributed by atoms with Gasteiger partial charge in [-0.2, -0.15) is 0 Å². The first-order valence-electron chi connectivity index (χ1n) is 9.93. The summed E-state index contributed by atoms with van der Waals surface area (Å²) in [6.45, 7) is 4.45. The molecule has 4 saturated carbocycles. The van der Waals surface area contributed by atoms with Crippen LogP contribution in [0.2, 0.25) is 0 Å². The second kappa shape index (κ2) is 5.70. The number of aliphatic carboxylic acids is 1. The Morgan fingerprint density at radius 2 is 1.88 bits per heavy atom. The average Bonchev–Trinajstić information content (AvgIpc) is 2.91. The van der Waals surface area contributed by atoms with E-state index in [1.807, 2.05) is 0 Å². The molecule has 0 unspecified atom stereocenters. The summed E-state index contributed by atoms with van der Waals surface area (Å²) in [4.78, 5) is 11.8.